The number of hydrogen-bond acceptors (Lipinski definition) is 1. The second-order valence-electron chi connectivity index (χ2n) is 3.59. The van der Waals surface area contributed by atoms with E-state index in [0.29, 0.717) is 13.1 Å². The fourth-order valence-electron chi connectivity index (χ4n) is 1.77. The van der Waals surface area contributed by atoms with Gasteiger partial charge in [0.1, 0.15) is 0 Å². The van der Waals surface area contributed by atoms with Gasteiger partial charge in [-0.15, -0.1) is 0 Å². The molecule has 3 nitrogen and oxygen atoms in total. The zero-order valence-corrected chi connectivity index (χ0v) is 8.39. The van der Waals surface area contributed by atoms with Gasteiger partial charge in [-0.25, -0.2) is 4.79 Å². The monoisotopic (exact) mass is 203 g/mol. The van der Waals surface area contributed by atoms with Gasteiger partial charge in [0.15, 0.2) is 0 Å². The molecule has 0 atom stereocenters. The van der Waals surface area contributed by atoms with E-state index in [0.717, 1.165) is 17.6 Å². The SMILES string of the molecule is O=C(O)N1CCC=C(c2ccccc2)C1. The first-order chi connectivity index (χ1) is 7.27. The Labute approximate surface area is 88.6 Å². The quantitative estimate of drug-likeness (QED) is 0.761. The number of carbonyl (C=O) groups is 1. The predicted octanol–water partition coefficient (Wildman–Crippen LogP) is 2.45. The van der Waals surface area contributed by atoms with E-state index in [2.05, 4.69) is 6.08 Å². The van der Waals surface area contributed by atoms with Gasteiger partial charge in [0.25, 0.3) is 0 Å². The molecule has 0 bridgehead atoms. The summed E-state index contributed by atoms with van der Waals surface area (Å²) in [6.45, 7) is 1.10. The smallest absolute Gasteiger partial charge is 0.407 e. The summed E-state index contributed by atoms with van der Waals surface area (Å²) in [5.41, 5.74) is 2.22. The van der Waals surface area contributed by atoms with Crippen molar-refractivity contribution in [3.63, 3.8) is 0 Å². The first kappa shape index (κ1) is 9.77. The van der Waals surface area contributed by atoms with Crippen LogP contribution in [-0.4, -0.2) is 29.2 Å². The maximum atomic E-state index is 10.8. The molecule has 1 amide bonds. The largest absolute Gasteiger partial charge is 0.465 e. The van der Waals surface area contributed by atoms with Crippen LogP contribution in [0, 0.1) is 0 Å². The second kappa shape index (κ2) is 4.17. The summed E-state index contributed by atoms with van der Waals surface area (Å²) in [6.07, 6.45) is 2.09. The predicted molar refractivity (Wildman–Crippen MR) is 58.6 cm³/mol. The highest BCUT2D eigenvalue weighted by Gasteiger charge is 2.17. The molecular weight excluding hydrogens is 190 g/mol. The van der Waals surface area contributed by atoms with E-state index in [9.17, 15) is 4.79 Å². The molecule has 3 heteroatoms. The highest BCUT2D eigenvalue weighted by Crippen LogP contribution is 2.20. The summed E-state index contributed by atoms with van der Waals surface area (Å²) in [5.74, 6) is 0. The molecule has 1 aliphatic heterocycles. The highest BCUT2D eigenvalue weighted by atomic mass is 16.4. The van der Waals surface area contributed by atoms with Crippen LogP contribution >= 0.6 is 0 Å². The van der Waals surface area contributed by atoms with Gasteiger partial charge in [0.2, 0.25) is 0 Å². The molecular formula is C12H13NO2. The normalized spacial score (nSPS) is 16.0. The Hall–Kier alpha value is -1.77. The molecule has 2 rings (SSSR count). The Morgan fingerprint density at radius 2 is 2.00 bits per heavy atom. The topological polar surface area (TPSA) is 40.5 Å². The molecule has 0 fully saturated rings. The summed E-state index contributed by atoms with van der Waals surface area (Å²) in [4.78, 5) is 12.3. The van der Waals surface area contributed by atoms with Gasteiger partial charge < -0.3 is 10.0 Å². The van der Waals surface area contributed by atoms with Gasteiger partial charge in [-0.1, -0.05) is 36.4 Å². The van der Waals surface area contributed by atoms with Crippen LogP contribution in [0.3, 0.4) is 0 Å². The van der Waals surface area contributed by atoms with Gasteiger partial charge in [-0.3, -0.25) is 0 Å². The molecule has 0 aromatic heterocycles. The minimum absolute atomic E-state index is 0.499. The maximum absolute atomic E-state index is 10.8. The zero-order valence-electron chi connectivity index (χ0n) is 8.39. The van der Waals surface area contributed by atoms with Crippen molar-refractivity contribution in [3.8, 4) is 0 Å². The fraction of sp³-hybridized carbons (Fsp3) is 0.250. The summed E-state index contributed by atoms with van der Waals surface area (Å²) >= 11 is 0. The second-order valence-corrected chi connectivity index (χ2v) is 3.59. The number of benzene rings is 1. The van der Waals surface area contributed by atoms with Crippen molar-refractivity contribution in [1.29, 1.82) is 0 Å². The fourth-order valence-corrected chi connectivity index (χ4v) is 1.77. The van der Waals surface area contributed by atoms with Crippen LogP contribution in [0.2, 0.25) is 0 Å². The average molecular weight is 203 g/mol. The van der Waals surface area contributed by atoms with Crippen LogP contribution < -0.4 is 0 Å². The van der Waals surface area contributed by atoms with E-state index in [1.54, 1.807) is 0 Å². The number of amides is 1. The molecule has 0 spiro atoms. The third-order valence-corrected chi connectivity index (χ3v) is 2.57. The van der Waals surface area contributed by atoms with Crippen molar-refractivity contribution in [2.24, 2.45) is 0 Å². The summed E-state index contributed by atoms with van der Waals surface area (Å²) in [6, 6.07) is 9.92. The Bertz CT molecular complexity index is 384. The van der Waals surface area contributed by atoms with Gasteiger partial charge >= 0.3 is 6.09 Å². The molecule has 1 aromatic rings. The van der Waals surface area contributed by atoms with E-state index in [1.165, 1.54) is 4.90 Å². The van der Waals surface area contributed by atoms with Crippen molar-refractivity contribution in [3.05, 3.63) is 42.0 Å². The third kappa shape index (κ3) is 2.18. The van der Waals surface area contributed by atoms with Crippen molar-refractivity contribution >= 4 is 11.7 Å². The molecule has 1 N–H and O–H groups in total. The molecule has 15 heavy (non-hydrogen) atoms. The van der Waals surface area contributed by atoms with Gasteiger partial charge in [0.05, 0.1) is 0 Å². The minimum atomic E-state index is -0.837. The van der Waals surface area contributed by atoms with Gasteiger partial charge in [-0.05, 0) is 17.6 Å². The van der Waals surface area contributed by atoms with Crippen molar-refractivity contribution in [2.45, 2.75) is 6.42 Å². The standard InChI is InChI=1S/C12H13NO2/c14-12(15)13-8-4-7-11(9-13)10-5-2-1-3-6-10/h1-3,5-7H,4,8-9H2,(H,14,15). The molecule has 0 saturated heterocycles. The van der Waals surface area contributed by atoms with Crippen LogP contribution in [0.1, 0.15) is 12.0 Å². The summed E-state index contributed by atoms with van der Waals surface area (Å²) in [5, 5.41) is 8.90. The number of carboxylic acid groups (broad SMARTS) is 1. The number of hydrogen-bond donors (Lipinski definition) is 1. The van der Waals surface area contributed by atoms with E-state index >= 15 is 0 Å². The van der Waals surface area contributed by atoms with Crippen molar-refractivity contribution in [1.82, 2.24) is 4.90 Å². The first-order valence-corrected chi connectivity index (χ1v) is 4.99. The van der Waals surface area contributed by atoms with E-state index in [1.807, 2.05) is 30.3 Å². The van der Waals surface area contributed by atoms with Crippen LogP contribution in [-0.2, 0) is 0 Å². The molecule has 1 aromatic carbocycles. The Balaban J connectivity index is 2.18. The van der Waals surface area contributed by atoms with Crippen molar-refractivity contribution in [2.75, 3.05) is 13.1 Å². The lowest BCUT2D eigenvalue weighted by molar-refractivity contribution is 0.150. The minimum Gasteiger partial charge on any atom is -0.465 e. The molecule has 0 saturated carbocycles. The zero-order chi connectivity index (χ0) is 10.7. The molecule has 1 heterocycles. The van der Waals surface area contributed by atoms with Crippen LogP contribution in [0.15, 0.2) is 36.4 Å². The maximum Gasteiger partial charge on any atom is 0.407 e. The number of nitrogens with zero attached hydrogens (tertiary/aromatic N) is 1. The average Bonchev–Trinajstić information content (AvgIpc) is 2.30. The summed E-state index contributed by atoms with van der Waals surface area (Å²) < 4.78 is 0. The van der Waals surface area contributed by atoms with Gasteiger partial charge in [0, 0.05) is 13.1 Å². The summed E-state index contributed by atoms with van der Waals surface area (Å²) in [7, 11) is 0. The van der Waals surface area contributed by atoms with Crippen LogP contribution in [0.25, 0.3) is 5.57 Å². The molecule has 1 aliphatic rings. The molecule has 78 valence electrons. The van der Waals surface area contributed by atoms with Crippen LogP contribution in [0.5, 0.6) is 0 Å². The molecule has 0 unspecified atom stereocenters. The Kier molecular flexibility index (Phi) is 2.72. The van der Waals surface area contributed by atoms with Crippen molar-refractivity contribution < 1.29 is 9.90 Å². The van der Waals surface area contributed by atoms with Gasteiger partial charge in [-0.2, -0.15) is 0 Å². The lowest BCUT2D eigenvalue weighted by atomic mass is 10.0. The lowest BCUT2D eigenvalue weighted by Crippen LogP contribution is -2.34. The van der Waals surface area contributed by atoms with E-state index in [4.69, 9.17) is 5.11 Å². The molecule has 0 radical (unpaired) electrons. The van der Waals surface area contributed by atoms with Crippen LogP contribution in [0.4, 0.5) is 4.79 Å². The van der Waals surface area contributed by atoms with E-state index < -0.39 is 6.09 Å². The lowest BCUT2D eigenvalue weighted by Gasteiger charge is -2.24. The Morgan fingerprint density at radius 1 is 1.27 bits per heavy atom. The highest BCUT2D eigenvalue weighted by molar-refractivity contribution is 5.73. The number of rotatable bonds is 1. The Morgan fingerprint density at radius 3 is 2.67 bits per heavy atom. The van der Waals surface area contributed by atoms with E-state index in [-0.39, 0.29) is 0 Å². The molecule has 0 aliphatic carbocycles. The first-order valence-electron chi connectivity index (χ1n) is 4.99. The third-order valence-electron chi connectivity index (χ3n) is 2.57.